The predicted molar refractivity (Wildman–Crippen MR) is 77.4 cm³/mol. The molecule has 0 unspecified atom stereocenters. The van der Waals surface area contributed by atoms with Crippen LogP contribution in [0.5, 0.6) is 0 Å². The number of nitrogens with zero attached hydrogens (tertiary/aromatic N) is 2. The third-order valence-corrected chi connectivity index (χ3v) is 4.99. The second-order valence-electron chi connectivity index (χ2n) is 5.46. The van der Waals surface area contributed by atoms with Crippen molar-refractivity contribution in [2.45, 2.75) is 52.6 Å². The van der Waals surface area contributed by atoms with Crippen LogP contribution in [0.3, 0.4) is 0 Å². The molecule has 2 heterocycles. The van der Waals surface area contributed by atoms with Gasteiger partial charge < -0.3 is 10.0 Å². The Morgan fingerprint density at radius 1 is 1.39 bits per heavy atom. The second kappa shape index (κ2) is 6.02. The summed E-state index contributed by atoms with van der Waals surface area (Å²) >= 11 is 1.67. The van der Waals surface area contributed by atoms with Gasteiger partial charge in [-0.2, -0.15) is 0 Å². The average molecular weight is 268 g/mol. The van der Waals surface area contributed by atoms with E-state index in [1.165, 1.54) is 19.3 Å². The van der Waals surface area contributed by atoms with Gasteiger partial charge in [-0.3, -0.25) is 0 Å². The molecule has 0 saturated carbocycles. The SMILES string of the molecule is CCC1CCN(c2nc(C(C)C)c(CO)s2)CC1. The first-order valence-electron chi connectivity index (χ1n) is 7.01. The van der Waals surface area contributed by atoms with Crippen LogP contribution in [0.4, 0.5) is 5.13 Å². The van der Waals surface area contributed by atoms with Crippen molar-refractivity contribution in [3.8, 4) is 0 Å². The summed E-state index contributed by atoms with van der Waals surface area (Å²) in [5, 5.41) is 10.5. The Balaban J connectivity index is 2.10. The highest BCUT2D eigenvalue weighted by molar-refractivity contribution is 7.15. The summed E-state index contributed by atoms with van der Waals surface area (Å²) in [6, 6.07) is 0. The lowest BCUT2D eigenvalue weighted by Gasteiger charge is -2.31. The molecule has 1 N–H and O–H groups in total. The highest BCUT2D eigenvalue weighted by Crippen LogP contribution is 2.33. The van der Waals surface area contributed by atoms with Gasteiger partial charge in [-0.15, -0.1) is 0 Å². The molecule has 1 aromatic rings. The largest absolute Gasteiger partial charge is 0.391 e. The Kier molecular flexibility index (Phi) is 4.62. The maximum atomic E-state index is 9.41. The minimum atomic E-state index is 0.122. The van der Waals surface area contributed by atoms with Crippen LogP contribution in [0, 0.1) is 5.92 Å². The summed E-state index contributed by atoms with van der Waals surface area (Å²) < 4.78 is 0. The van der Waals surface area contributed by atoms with Gasteiger partial charge >= 0.3 is 0 Å². The molecule has 0 aliphatic carbocycles. The summed E-state index contributed by atoms with van der Waals surface area (Å²) in [6.07, 6.45) is 3.86. The standard InChI is InChI=1S/C14H24N2OS/c1-4-11-5-7-16(8-6-11)14-15-13(10(2)3)12(9-17)18-14/h10-11,17H,4-9H2,1-3H3. The van der Waals surface area contributed by atoms with E-state index in [1.807, 2.05) is 0 Å². The highest BCUT2D eigenvalue weighted by Gasteiger charge is 2.22. The number of hydrogen-bond acceptors (Lipinski definition) is 4. The normalized spacial score (nSPS) is 17.7. The minimum absolute atomic E-state index is 0.122. The van der Waals surface area contributed by atoms with Crippen LogP contribution < -0.4 is 4.90 Å². The molecule has 1 aliphatic rings. The Hall–Kier alpha value is -0.610. The highest BCUT2D eigenvalue weighted by atomic mass is 32.1. The molecule has 2 rings (SSSR count). The molecule has 0 bridgehead atoms. The van der Waals surface area contributed by atoms with Crippen molar-refractivity contribution >= 4 is 16.5 Å². The summed E-state index contributed by atoms with van der Waals surface area (Å²) in [6.45, 7) is 8.92. The number of aliphatic hydroxyl groups excluding tert-OH is 1. The first-order chi connectivity index (χ1) is 8.65. The van der Waals surface area contributed by atoms with Gasteiger partial charge in [0.15, 0.2) is 5.13 Å². The van der Waals surface area contributed by atoms with E-state index < -0.39 is 0 Å². The van der Waals surface area contributed by atoms with E-state index >= 15 is 0 Å². The summed E-state index contributed by atoms with van der Waals surface area (Å²) in [5.41, 5.74) is 1.08. The van der Waals surface area contributed by atoms with Crippen molar-refractivity contribution < 1.29 is 5.11 Å². The predicted octanol–water partition coefficient (Wildman–Crippen LogP) is 3.39. The Morgan fingerprint density at radius 2 is 2.06 bits per heavy atom. The number of rotatable bonds is 4. The van der Waals surface area contributed by atoms with Crippen LogP contribution in [0.1, 0.15) is 56.5 Å². The van der Waals surface area contributed by atoms with E-state index in [4.69, 9.17) is 4.98 Å². The molecule has 4 heteroatoms. The molecule has 1 aromatic heterocycles. The van der Waals surface area contributed by atoms with Gasteiger partial charge in [-0.25, -0.2) is 4.98 Å². The summed E-state index contributed by atoms with van der Waals surface area (Å²) in [4.78, 5) is 8.17. The van der Waals surface area contributed by atoms with E-state index in [9.17, 15) is 5.11 Å². The van der Waals surface area contributed by atoms with Crippen molar-refractivity contribution in [1.29, 1.82) is 0 Å². The van der Waals surface area contributed by atoms with Crippen LogP contribution in [-0.2, 0) is 6.61 Å². The molecule has 1 aliphatic heterocycles. The number of thiazole rings is 1. The zero-order valence-electron chi connectivity index (χ0n) is 11.6. The fraction of sp³-hybridized carbons (Fsp3) is 0.786. The molecule has 0 amide bonds. The molecule has 0 spiro atoms. The zero-order valence-corrected chi connectivity index (χ0v) is 12.5. The number of aliphatic hydroxyl groups is 1. The monoisotopic (exact) mass is 268 g/mol. The lowest BCUT2D eigenvalue weighted by molar-refractivity contribution is 0.283. The van der Waals surface area contributed by atoms with Crippen molar-refractivity contribution in [2.75, 3.05) is 18.0 Å². The first-order valence-corrected chi connectivity index (χ1v) is 7.82. The third-order valence-electron chi connectivity index (χ3n) is 3.87. The van der Waals surface area contributed by atoms with Gasteiger partial charge in [0.2, 0.25) is 0 Å². The molecule has 3 nitrogen and oxygen atoms in total. The maximum absolute atomic E-state index is 9.41. The van der Waals surface area contributed by atoms with E-state index in [1.54, 1.807) is 11.3 Å². The van der Waals surface area contributed by atoms with Gasteiger partial charge in [-0.1, -0.05) is 38.5 Å². The van der Waals surface area contributed by atoms with Crippen molar-refractivity contribution in [3.05, 3.63) is 10.6 Å². The molecular formula is C14H24N2OS. The number of hydrogen-bond donors (Lipinski definition) is 1. The van der Waals surface area contributed by atoms with Gasteiger partial charge in [0, 0.05) is 13.1 Å². The second-order valence-corrected chi connectivity index (χ2v) is 6.52. The number of anilines is 1. The molecule has 1 saturated heterocycles. The van der Waals surface area contributed by atoms with Crippen LogP contribution in [0.2, 0.25) is 0 Å². The maximum Gasteiger partial charge on any atom is 0.185 e. The Bertz CT molecular complexity index is 381. The topological polar surface area (TPSA) is 36.4 Å². The van der Waals surface area contributed by atoms with Gasteiger partial charge in [0.05, 0.1) is 17.2 Å². The van der Waals surface area contributed by atoms with Crippen LogP contribution in [0.15, 0.2) is 0 Å². The number of aromatic nitrogens is 1. The van der Waals surface area contributed by atoms with E-state index in [2.05, 4.69) is 25.7 Å². The fourth-order valence-corrected chi connectivity index (χ4v) is 3.71. The zero-order chi connectivity index (χ0) is 13.1. The van der Waals surface area contributed by atoms with Crippen molar-refractivity contribution in [3.63, 3.8) is 0 Å². The smallest absolute Gasteiger partial charge is 0.185 e. The third kappa shape index (κ3) is 2.86. The summed E-state index contributed by atoms with van der Waals surface area (Å²) in [7, 11) is 0. The van der Waals surface area contributed by atoms with E-state index in [0.717, 1.165) is 34.7 Å². The van der Waals surface area contributed by atoms with E-state index in [0.29, 0.717) is 5.92 Å². The van der Waals surface area contributed by atoms with Crippen LogP contribution in [0.25, 0.3) is 0 Å². The molecule has 102 valence electrons. The Morgan fingerprint density at radius 3 is 2.50 bits per heavy atom. The lowest BCUT2D eigenvalue weighted by atomic mass is 9.95. The molecule has 18 heavy (non-hydrogen) atoms. The van der Waals surface area contributed by atoms with Crippen molar-refractivity contribution in [1.82, 2.24) is 4.98 Å². The van der Waals surface area contributed by atoms with Gasteiger partial charge in [0.1, 0.15) is 0 Å². The first kappa shape index (κ1) is 13.8. The molecule has 1 fully saturated rings. The molecule has 0 atom stereocenters. The van der Waals surface area contributed by atoms with Crippen LogP contribution >= 0.6 is 11.3 Å². The Labute approximate surface area is 114 Å². The van der Waals surface area contributed by atoms with Crippen LogP contribution in [-0.4, -0.2) is 23.2 Å². The van der Waals surface area contributed by atoms with E-state index in [-0.39, 0.29) is 6.61 Å². The summed E-state index contributed by atoms with van der Waals surface area (Å²) in [5.74, 6) is 1.29. The quantitative estimate of drug-likeness (QED) is 0.909. The van der Waals surface area contributed by atoms with Crippen molar-refractivity contribution in [2.24, 2.45) is 5.92 Å². The molecule has 0 radical (unpaired) electrons. The fourth-order valence-electron chi connectivity index (χ4n) is 2.58. The van der Waals surface area contributed by atoms with Gasteiger partial charge in [-0.05, 0) is 24.7 Å². The molecular weight excluding hydrogens is 244 g/mol. The molecule has 0 aromatic carbocycles. The number of piperidine rings is 1. The van der Waals surface area contributed by atoms with Gasteiger partial charge in [0.25, 0.3) is 0 Å². The minimum Gasteiger partial charge on any atom is -0.391 e. The average Bonchev–Trinajstić information content (AvgIpc) is 2.83. The lowest BCUT2D eigenvalue weighted by Crippen LogP contribution is -2.33.